The van der Waals surface area contributed by atoms with Gasteiger partial charge in [-0.2, -0.15) is 0 Å². The molecule has 1 aromatic rings. The summed E-state index contributed by atoms with van der Waals surface area (Å²) in [5, 5.41) is 0. The maximum absolute atomic E-state index is 2.33. The van der Waals surface area contributed by atoms with Gasteiger partial charge in [0.2, 0.25) is 0 Å². The Kier molecular flexibility index (Phi) is 4.10. The summed E-state index contributed by atoms with van der Waals surface area (Å²) in [6.45, 7) is 4.58. The van der Waals surface area contributed by atoms with Crippen molar-refractivity contribution in [2.75, 3.05) is 0 Å². The molecule has 66 valence electrons. The van der Waals surface area contributed by atoms with E-state index in [4.69, 9.17) is 0 Å². The maximum atomic E-state index is 2.33. The average molecular weight is 168 g/mol. The fourth-order valence-corrected chi connectivity index (χ4v) is 1.65. The summed E-state index contributed by atoms with van der Waals surface area (Å²) in [6.07, 6.45) is 3.89. The van der Waals surface area contributed by atoms with Crippen LogP contribution in [0.1, 0.15) is 38.7 Å². The summed E-state index contributed by atoms with van der Waals surface area (Å²) in [7, 11) is 0. The van der Waals surface area contributed by atoms with Crippen molar-refractivity contribution in [1.29, 1.82) is 0 Å². The van der Waals surface area contributed by atoms with E-state index >= 15 is 0 Å². The third-order valence-electron chi connectivity index (χ3n) is 2.71. The fourth-order valence-electron chi connectivity index (χ4n) is 1.65. The molecule has 1 aromatic carbocycles. The Morgan fingerprint density at radius 1 is 1.23 bits per heavy atom. The van der Waals surface area contributed by atoms with Crippen molar-refractivity contribution in [3.05, 3.63) is 35.9 Å². The van der Waals surface area contributed by atoms with Crippen molar-refractivity contribution in [1.82, 2.24) is 0 Å². The van der Waals surface area contributed by atoms with Crippen molar-refractivity contribution < 1.29 is 0 Å². The zero-order valence-corrected chi connectivity index (χ0v) is 9.01. The molecule has 0 aliphatic carbocycles. The quantitative estimate of drug-likeness (QED) is 0.605. The van der Waals surface area contributed by atoms with Gasteiger partial charge < -0.3 is 0 Å². The van der Waals surface area contributed by atoms with Gasteiger partial charge in [-0.05, 0) is 0 Å². The van der Waals surface area contributed by atoms with Crippen molar-refractivity contribution in [2.24, 2.45) is 0 Å². The Balaban J connectivity index is 2.69. The van der Waals surface area contributed by atoms with Gasteiger partial charge in [-0.3, -0.25) is 0 Å². The predicted molar refractivity (Wildman–Crippen MR) is 59.1 cm³/mol. The number of benzene rings is 1. The fraction of sp³-hybridized carbons (Fsp3) is 0.500. The number of unbranched alkanes of at least 4 members (excludes halogenated alkanes) is 1. The number of hydrogen-bond acceptors (Lipinski definition) is 0. The van der Waals surface area contributed by atoms with Gasteiger partial charge in [0.15, 0.2) is 0 Å². The van der Waals surface area contributed by atoms with E-state index in [0.717, 1.165) is 0 Å². The first kappa shape index (κ1) is 10.9. The molecule has 0 bridgehead atoms. The summed E-state index contributed by atoms with van der Waals surface area (Å²) < 4.78 is 0.345. The Morgan fingerprint density at radius 2 is 1.85 bits per heavy atom. The second-order valence-corrected chi connectivity index (χ2v) is 4.35. The SMILES string of the molecule is [Li][C](C)(CCCC)c1ccccc1. The molecule has 0 saturated heterocycles. The molecule has 0 amide bonds. The van der Waals surface area contributed by atoms with Crippen LogP contribution in [0.15, 0.2) is 30.3 Å². The van der Waals surface area contributed by atoms with E-state index in [0.29, 0.717) is 4.09 Å². The van der Waals surface area contributed by atoms with Crippen LogP contribution in [-0.4, -0.2) is 17.7 Å². The van der Waals surface area contributed by atoms with E-state index in [9.17, 15) is 0 Å². The van der Waals surface area contributed by atoms with Gasteiger partial charge in [-0.15, -0.1) is 0 Å². The third kappa shape index (κ3) is 3.22. The van der Waals surface area contributed by atoms with Crippen molar-refractivity contribution in [3.63, 3.8) is 0 Å². The molecule has 1 heteroatoms. The summed E-state index contributed by atoms with van der Waals surface area (Å²) in [5.41, 5.74) is 1.46. The van der Waals surface area contributed by atoms with Gasteiger partial charge in [-0.1, -0.05) is 0 Å². The summed E-state index contributed by atoms with van der Waals surface area (Å²) in [6, 6.07) is 10.8. The summed E-state index contributed by atoms with van der Waals surface area (Å²) >= 11 is 2.33. The first-order chi connectivity index (χ1) is 6.17. The molecule has 0 radical (unpaired) electrons. The minimum absolute atomic E-state index is 0.345. The molecular weight excluding hydrogens is 151 g/mol. The monoisotopic (exact) mass is 168 g/mol. The van der Waals surface area contributed by atoms with E-state index in [-0.39, 0.29) is 0 Å². The van der Waals surface area contributed by atoms with Crippen LogP contribution in [0, 0.1) is 0 Å². The zero-order valence-electron chi connectivity index (χ0n) is 9.01. The Hall–Kier alpha value is -0.183. The Bertz CT molecular complexity index is 239. The molecule has 13 heavy (non-hydrogen) atoms. The predicted octanol–water partition coefficient (Wildman–Crippen LogP) is 3.26. The molecule has 0 aliphatic heterocycles. The number of hydrogen-bond donors (Lipinski definition) is 0. The van der Waals surface area contributed by atoms with Gasteiger partial charge in [0.05, 0.1) is 0 Å². The topological polar surface area (TPSA) is 0 Å². The molecule has 0 aliphatic rings. The van der Waals surface area contributed by atoms with Crippen LogP contribution in [0.4, 0.5) is 0 Å². The molecular formula is C12H17Li. The number of rotatable bonds is 4. The van der Waals surface area contributed by atoms with Crippen molar-refractivity contribution in [2.45, 2.75) is 37.2 Å². The molecule has 0 aromatic heterocycles. The van der Waals surface area contributed by atoms with E-state index in [2.05, 4.69) is 61.9 Å². The van der Waals surface area contributed by atoms with Crippen molar-refractivity contribution >= 4 is 17.7 Å². The van der Waals surface area contributed by atoms with Crippen LogP contribution >= 0.6 is 0 Å². The van der Waals surface area contributed by atoms with Gasteiger partial charge in [0.1, 0.15) is 0 Å². The summed E-state index contributed by atoms with van der Waals surface area (Å²) in [5.74, 6) is 0. The molecule has 0 fully saturated rings. The van der Waals surface area contributed by atoms with E-state index in [1.807, 2.05) is 0 Å². The molecule has 0 nitrogen and oxygen atoms in total. The van der Waals surface area contributed by atoms with Gasteiger partial charge in [0, 0.05) is 0 Å². The zero-order chi connectivity index (χ0) is 9.73. The molecule has 1 unspecified atom stereocenters. The van der Waals surface area contributed by atoms with Crippen LogP contribution in [0.3, 0.4) is 0 Å². The van der Waals surface area contributed by atoms with Gasteiger partial charge >= 0.3 is 90.8 Å². The normalized spacial score (nSPS) is 15.4. The van der Waals surface area contributed by atoms with E-state index in [1.54, 1.807) is 0 Å². The first-order valence-electron chi connectivity index (χ1n) is 5.22. The molecule has 1 rings (SSSR count). The Morgan fingerprint density at radius 3 is 2.38 bits per heavy atom. The van der Waals surface area contributed by atoms with Crippen LogP contribution in [-0.2, 0) is 4.09 Å². The third-order valence-corrected chi connectivity index (χ3v) is 2.71. The van der Waals surface area contributed by atoms with Gasteiger partial charge in [0.25, 0.3) is 0 Å². The van der Waals surface area contributed by atoms with Crippen LogP contribution < -0.4 is 0 Å². The molecule has 1 atom stereocenters. The van der Waals surface area contributed by atoms with Crippen LogP contribution in [0.2, 0.25) is 0 Å². The second-order valence-electron chi connectivity index (χ2n) is 4.35. The van der Waals surface area contributed by atoms with E-state index < -0.39 is 0 Å². The average Bonchev–Trinajstić information content (AvgIpc) is 2.16. The molecule has 0 heterocycles. The summed E-state index contributed by atoms with van der Waals surface area (Å²) in [4.78, 5) is 0. The molecule has 0 saturated carbocycles. The van der Waals surface area contributed by atoms with Gasteiger partial charge in [-0.25, -0.2) is 0 Å². The van der Waals surface area contributed by atoms with E-state index in [1.165, 1.54) is 24.8 Å². The van der Waals surface area contributed by atoms with Crippen molar-refractivity contribution in [3.8, 4) is 0 Å². The Labute approximate surface area is 90.9 Å². The standard InChI is InChI=1S/C12H17.Li/c1-3-4-8-11(2)12-9-6-5-7-10-12;/h5-7,9-10H,3-4,8H2,1-2H3;. The first-order valence-corrected chi connectivity index (χ1v) is 5.22. The van der Waals surface area contributed by atoms with Crippen LogP contribution in [0.5, 0.6) is 0 Å². The van der Waals surface area contributed by atoms with Crippen LogP contribution in [0.25, 0.3) is 0 Å². The second kappa shape index (κ2) is 4.89. The minimum atomic E-state index is 0.345. The molecule has 0 spiro atoms. The molecule has 0 N–H and O–H groups in total.